The van der Waals surface area contributed by atoms with Crippen LogP contribution in [0.2, 0.25) is 0 Å². The maximum absolute atomic E-state index is 13.6. The smallest absolute Gasteiger partial charge is 0.341 e. The third-order valence-electron chi connectivity index (χ3n) is 4.29. The number of aryl methyl sites for hydroxylation is 1. The van der Waals surface area contributed by atoms with Gasteiger partial charge in [0.2, 0.25) is 5.91 Å². The van der Waals surface area contributed by atoms with Gasteiger partial charge < -0.3 is 15.4 Å². The number of rotatable bonds is 5. The van der Waals surface area contributed by atoms with Crippen LogP contribution in [0.25, 0.3) is 0 Å². The van der Waals surface area contributed by atoms with Crippen molar-refractivity contribution in [2.75, 3.05) is 24.3 Å². The summed E-state index contributed by atoms with van der Waals surface area (Å²) in [6, 6.07) is 1.77. The first-order valence-electron chi connectivity index (χ1n) is 8.32. The van der Waals surface area contributed by atoms with Crippen LogP contribution in [0.3, 0.4) is 0 Å². The van der Waals surface area contributed by atoms with Gasteiger partial charge in [0.25, 0.3) is 0 Å². The molecule has 5 nitrogen and oxygen atoms in total. The van der Waals surface area contributed by atoms with Crippen molar-refractivity contribution in [2.24, 2.45) is 0 Å². The minimum Gasteiger partial charge on any atom is -0.465 e. The van der Waals surface area contributed by atoms with E-state index >= 15 is 0 Å². The highest BCUT2D eigenvalue weighted by Crippen LogP contribution is 2.38. The van der Waals surface area contributed by atoms with Crippen LogP contribution in [0.15, 0.2) is 12.1 Å². The molecule has 0 spiro atoms. The molecule has 0 aliphatic heterocycles. The zero-order chi connectivity index (χ0) is 19.6. The number of nitrogens with one attached hydrogen (secondary N) is 2. The van der Waals surface area contributed by atoms with Gasteiger partial charge in [-0.15, -0.1) is 11.3 Å². The molecular weight excluding hydrogens is 381 g/mol. The van der Waals surface area contributed by atoms with Gasteiger partial charge in [-0.1, -0.05) is 0 Å². The second-order valence-electron chi connectivity index (χ2n) is 6.03. The zero-order valence-corrected chi connectivity index (χ0v) is 15.3. The maximum atomic E-state index is 13.6. The van der Waals surface area contributed by atoms with Gasteiger partial charge in [0, 0.05) is 4.88 Å². The van der Waals surface area contributed by atoms with E-state index in [1.165, 1.54) is 18.4 Å². The number of hydrogen-bond acceptors (Lipinski definition) is 5. The first-order chi connectivity index (χ1) is 12.9. The standard InChI is InChI=1S/C18H17F3N2O3S/c1-26-18(25)14-9-4-2-3-5-12(9)27-17(14)23-13(24)8-22-11-7-6-10(19)15(20)16(11)21/h6-7,22H,2-5,8H2,1H3,(H,23,24). The summed E-state index contributed by atoms with van der Waals surface area (Å²) < 4.78 is 44.6. The molecule has 0 unspecified atom stereocenters. The molecule has 0 saturated carbocycles. The van der Waals surface area contributed by atoms with E-state index in [1.807, 2.05) is 0 Å². The van der Waals surface area contributed by atoms with Crippen LogP contribution in [0.1, 0.15) is 33.6 Å². The molecule has 0 radical (unpaired) electrons. The predicted molar refractivity (Wildman–Crippen MR) is 95.7 cm³/mol. The molecule has 144 valence electrons. The van der Waals surface area contributed by atoms with Gasteiger partial charge >= 0.3 is 5.97 Å². The molecule has 2 N–H and O–H groups in total. The lowest BCUT2D eigenvalue weighted by Gasteiger charge is -2.12. The summed E-state index contributed by atoms with van der Waals surface area (Å²) in [6.45, 7) is -0.384. The topological polar surface area (TPSA) is 67.4 Å². The average Bonchev–Trinajstić information content (AvgIpc) is 3.02. The van der Waals surface area contributed by atoms with Gasteiger partial charge in [-0.25, -0.2) is 18.0 Å². The Balaban J connectivity index is 1.74. The number of thiophene rings is 1. The molecule has 1 aliphatic rings. The fourth-order valence-corrected chi connectivity index (χ4v) is 4.27. The third kappa shape index (κ3) is 3.92. The molecule has 3 rings (SSSR count). The van der Waals surface area contributed by atoms with E-state index in [-0.39, 0.29) is 12.2 Å². The SMILES string of the molecule is COC(=O)c1c(NC(=O)CNc2ccc(F)c(F)c2F)sc2c1CCCC2. The van der Waals surface area contributed by atoms with Crippen molar-refractivity contribution >= 4 is 33.9 Å². The van der Waals surface area contributed by atoms with E-state index < -0.39 is 29.3 Å². The van der Waals surface area contributed by atoms with Crippen LogP contribution in [-0.4, -0.2) is 25.5 Å². The Morgan fingerprint density at radius 2 is 1.89 bits per heavy atom. The second kappa shape index (κ2) is 7.99. The van der Waals surface area contributed by atoms with Crippen LogP contribution >= 0.6 is 11.3 Å². The number of ether oxygens (including phenoxy) is 1. The number of methoxy groups -OCH3 is 1. The van der Waals surface area contributed by atoms with E-state index in [9.17, 15) is 22.8 Å². The van der Waals surface area contributed by atoms with Crippen molar-refractivity contribution in [3.63, 3.8) is 0 Å². The highest BCUT2D eigenvalue weighted by atomic mass is 32.1. The summed E-state index contributed by atoms with van der Waals surface area (Å²) in [5.74, 6) is -5.40. The van der Waals surface area contributed by atoms with E-state index in [2.05, 4.69) is 10.6 Å². The van der Waals surface area contributed by atoms with Crippen molar-refractivity contribution in [3.8, 4) is 0 Å². The molecule has 0 fully saturated rings. The van der Waals surface area contributed by atoms with Gasteiger partial charge in [-0.2, -0.15) is 0 Å². The van der Waals surface area contributed by atoms with Gasteiger partial charge in [0.05, 0.1) is 24.9 Å². The molecule has 0 atom stereocenters. The Bertz CT molecular complexity index is 898. The lowest BCUT2D eigenvalue weighted by atomic mass is 9.95. The first-order valence-corrected chi connectivity index (χ1v) is 9.14. The van der Waals surface area contributed by atoms with E-state index in [1.54, 1.807) is 0 Å². The molecule has 27 heavy (non-hydrogen) atoms. The second-order valence-corrected chi connectivity index (χ2v) is 7.14. The summed E-state index contributed by atoms with van der Waals surface area (Å²) in [5, 5.41) is 5.43. The summed E-state index contributed by atoms with van der Waals surface area (Å²) in [5.41, 5.74) is 0.917. The van der Waals surface area contributed by atoms with E-state index in [0.717, 1.165) is 48.3 Å². The van der Waals surface area contributed by atoms with Gasteiger partial charge in [0.1, 0.15) is 5.00 Å². The van der Waals surface area contributed by atoms with Crippen molar-refractivity contribution in [2.45, 2.75) is 25.7 Å². The van der Waals surface area contributed by atoms with Gasteiger partial charge in [-0.05, 0) is 43.4 Å². The fourth-order valence-electron chi connectivity index (χ4n) is 2.98. The number of amides is 1. The highest BCUT2D eigenvalue weighted by molar-refractivity contribution is 7.17. The number of carbonyl (C=O) groups is 2. The molecule has 1 aromatic carbocycles. The number of carbonyl (C=O) groups excluding carboxylic acids is 2. The summed E-state index contributed by atoms with van der Waals surface area (Å²) >= 11 is 1.32. The summed E-state index contributed by atoms with van der Waals surface area (Å²) in [4.78, 5) is 25.4. The largest absolute Gasteiger partial charge is 0.465 e. The highest BCUT2D eigenvalue weighted by Gasteiger charge is 2.27. The number of benzene rings is 1. The first kappa shape index (κ1) is 19.2. The van der Waals surface area contributed by atoms with Crippen molar-refractivity contribution in [1.29, 1.82) is 0 Å². The zero-order valence-electron chi connectivity index (χ0n) is 14.5. The molecule has 1 aliphatic carbocycles. The number of halogens is 3. The normalized spacial score (nSPS) is 13.0. The maximum Gasteiger partial charge on any atom is 0.341 e. The number of esters is 1. The molecule has 9 heteroatoms. The predicted octanol–water partition coefficient (Wildman–Crippen LogP) is 3.88. The molecule has 1 amide bonds. The minimum atomic E-state index is -1.61. The van der Waals surface area contributed by atoms with Crippen molar-refractivity contribution < 1.29 is 27.5 Å². The third-order valence-corrected chi connectivity index (χ3v) is 5.50. The van der Waals surface area contributed by atoms with Crippen LogP contribution in [0, 0.1) is 17.5 Å². The molecule has 2 aromatic rings. The summed E-state index contributed by atoms with van der Waals surface area (Å²) in [6.07, 6.45) is 3.54. The molecule has 0 saturated heterocycles. The quantitative estimate of drug-likeness (QED) is 0.593. The van der Waals surface area contributed by atoms with E-state index in [0.29, 0.717) is 10.6 Å². The molecule has 0 bridgehead atoms. The lowest BCUT2D eigenvalue weighted by Crippen LogP contribution is -2.23. The fraction of sp³-hybridized carbons (Fsp3) is 0.333. The number of fused-ring (bicyclic) bond motifs is 1. The average molecular weight is 398 g/mol. The van der Waals surface area contributed by atoms with Crippen LogP contribution in [-0.2, 0) is 22.4 Å². The van der Waals surface area contributed by atoms with Crippen LogP contribution < -0.4 is 10.6 Å². The molecule has 1 heterocycles. The Kier molecular flexibility index (Phi) is 5.69. The van der Waals surface area contributed by atoms with Gasteiger partial charge in [-0.3, -0.25) is 4.79 Å². The monoisotopic (exact) mass is 398 g/mol. The van der Waals surface area contributed by atoms with Crippen molar-refractivity contribution in [3.05, 3.63) is 45.6 Å². The Hall–Kier alpha value is -2.55. The number of anilines is 2. The minimum absolute atomic E-state index is 0.331. The molecule has 1 aromatic heterocycles. The number of hydrogen-bond donors (Lipinski definition) is 2. The van der Waals surface area contributed by atoms with Crippen LogP contribution in [0.4, 0.5) is 23.9 Å². The summed E-state index contributed by atoms with van der Waals surface area (Å²) in [7, 11) is 1.27. The van der Waals surface area contributed by atoms with Crippen LogP contribution in [0.5, 0.6) is 0 Å². The van der Waals surface area contributed by atoms with Gasteiger partial charge in [0.15, 0.2) is 17.5 Å². The Morgan fingerprint density at radius 1 is 1.15 bits per heavy atom. The van der Waals surface area contributed by atoms with E-state index in [4.69, 9.17) is 4.74 Å². The lowest BCUT2D eigenvalue weighted by molar-refractivity contribution is -0.114. The molecular formula is C18H17F3N2O3S. The Morgan fingerprint density at radius 3 is 2.63 bits per heavy atom. The van der Waals surface area contributed by atoms with Crippen molar-refractivity contribution in [1.82, 2.24) is 0 Å². The Labute approximate surface area is 157 Å².